The average molecular weight is 249 g/mol. The molecule has 100 valence electrons. The van der Waals surface area contributed by atoms with Gasteiger partial charge in [-0.15, -0.1) is 0 Å². The van der Waals surface area contributed by atoms with Gasteiger partial charge in [0.05, 0.1) is 0 Å². The van der Waals surface area contributed by atoms with E-state index in [1.54, 1.807) is 0 Å². The van der Waals surface area contributed by atoms with Crippen LogP contribution < -0.4 is 11.1 Å². The molecule has 0 aliphatic heterocycles. The molecule has 0 spiro atoms. The van der Waals surface area contributed by atoms with Crippen molar-refractivity contribution in [2.45, 2.75) is 27.2 Å². The number of benzene rings is 1. The molecular weight excluding hydrogens is 226 g/mol. The van der Waals surface area contributed by atoms with Gasteiger partial charge in [0.2, 0.25) is 0 Å². The van der Waals surface area contributed by atoms with E-state index in [-0.39, 0.29) is 0 Å². The number of anilines is 1. The summed E-state index contributed by atoms with van der Waals surface area (Å²) in [6.45, 7) is 8.28. The molecule has 0 saturated heterocycles. The van der Waals surface area contributed by atoms with E-state index in [9.17, 15) is 0 Å². The van der Waals surface area contributed by atoms with Crippen molar-refractivity contribution in [1.29, 1.82) is 0 Å². The van der Waals surface area contributed by atoms with Gasteiger partial charge in [-0.05, 0) is 50.5 Å². The Kier molecular flexibility index (Phi) is 6.22. The summed E-state index contributed by atoms with van der Waals surface area (Å²) in [6, 6.07) is 6.23. The SMILES string of the molecule is CCOCCCN=C(N)Nc1cc(C)cc(C)c1. The lowest BCUT2D eigenvalue weighted by atomic mass is 10.1. The van der Waals surface area contributed by atoms with Crippen LogP contribution in [0.2, 0.25) is 0 Å². The lowest BCUT2D eigenvalue weighted by Crippen LogP contribution is -2.23. The van der Waals surface area contributed by atoms with E-state index in [1.165, 1.54) is 11.1 Å². The van der Waals surface area contributed by atoms with Crippen molar-refractivity contribution in [2.24, 2.45) is 10.7 Å². The average Bonchev–Trinajstić information content (AvgIpc) is 2.27. The molecule has 4 heteroatoms. The van der Waals surface area contributed by atoms with Crippen LogP contribution in [0, 0.1) is 13.8 Å². The van der Waals surface area contributed by atoms with Crippen LogP contribution in [0.1, 0.15) is 24.5 Å². The largest absolute Gasteiger partial charge is 0.382 e. The molecule has 0 aromatic heterocycles. The molecule has 0 fully saturated rings. The Hall–Kier alpha value is -1.55. The molecular formula is C14H23N3O. The lowest BCUT2D eigenvalue weighted by Gasteiger charge is -2.08. The molecule has 0 atom stereocenters. The first kappa shape index (κ1) is 14.5. The molecule has 0 bridgehead atoms. The number of aliphatic imine (C=N–C) groups is 1. The van der Waals surface area contributed by atoms with Crippen LogP contribution in [0.3, 0.4) is 0 Å². The highest BCUT2D eigenvalue weighted by molar-refractivity contribution is 5.92. The molecule has 4 nitrogen and oxygen atoms in total. The van der Waals surface area contributed by atoms with Crippen molar-refractivity contribution in [3.8, 4) is 0 Å². The number of guanidine groups is 1. The van der Waals surface area contributed by atoms with Gasteiger partial charge in [-0.3, -0.25) is 4.99 Å². The third kappa shape index (κ3) is 5.68. The van der Waals surface area contributed by atoms with Crippen molar-refractivity contribution in [2.75, 3.05) is 25.1 Å². The Labute approximate surface area is 109 Å². The van der Waals surface area contributed by atoms with Crippen molar-refractivity contribution >= 4 is 11.6 Å². The highest BCUT2D eigenvalue weighted by Gasteiger charge is 1.97. The minimum atomic E-state index is 0.455. The zero-order valence-corrected chi connectivity index (χ0v) is 11.5. The Morgan fingerprint density at radius 2 is 1.94 bits per heavy atom. The number of nitrogens with one attached hydrogen (secondary N) is 1. The van der Waals surface area contributed by atoms with Crippen LogP contribution in [-0.2, 0) is 4.74 Å². The van der Waals surface area contributed by atoms with Gasteiger partial charge < -0.3 is 15.8 Å². The Morgan fingerprint density at radius 3 is 2.56 bits per heavy atom. The fourth-order valence-electron chi connectivity index (χ4n) is 1.74. The molecule has 18 heavy (non-hydrogen) atoms. The molecule has 0 saturated carbocycles. The van der Waals surface area contributed by atoms with Crippen molar-refractivity contribution < 1.29 is 4.74 Å². The molecule has 0 aliphatic rings. The van der Waals surface area contributed by atoms with Gasteiger partial charge in [-0.1, -0.05) is 6.07 Å². The first-order valence-corrected chi connectivity index (χ1v) is 6.35. The molecule has 0 aliphatic carbocycles. The van der Waals surface area contributed by atoms with E-state index in [2.05, 4.69) is 42.4 Å². The zero-order chi connectivity index (χ0) is 13.4. The summed E-state index contributed by atoms with van der Waals surface area (Å²) < 4.78 is 5.23. The monoisotopic (exact) mass is 249 g/mol. The van der Waals surface area contributed by atoms with E-state index in [0.717, 1.165) is 25.3 Å². The molecule has 1 aromatic rings. The summed E-state index contributed by atoms with van der Waals surface area (Å²) in [7, 11) is 0. The summed E-state index contributed by atoms with van der Waals surface area (Å²) in [5, 5.41) is 3.10. The van der Waals surface area contributed by atoms with Gasteiger partial charge >= 0.3 is 0 Å². The number of nitrogens with zero attached hydrogens (tertiary/aromatic N) is 1. The fourth-order valence-corrected chi connectivity index (χ4v) is 1.74. The quantitative estimate of drug-likeness (QED) is 0.462. The standard InChI is InChI=1S/C14H23N3O/c1-4-18-7-5-6-16-14(15)17-13-9-11(2)8-12(3)10-13/h8-10H,4-7H2,1-3H3,(H3,15,16,17). The van der Waals surface area contributed by atoms with Gasteiger partial charge in [0.1, 0.15) is 0 Å². The normalized spacial score (nSPS) is 11.6. The van der Waals surface area contributed by atoms with Crippen molar-refractivity contribution in [3.05, 3.63) is 29.3 Å². The predicted octanol–water partition coefficient (Wildman–Crippen LogP) is 2.46. The van der Waals surface area contributed by atoms with Crippen molar-refractivity contribution in [3.63, 3.8) is 0 Å². The fraction of sp³-hybridized carbons (Fsp3) is 0.500. The van der Waals surface area contributed by atoms with Gasteiger partial charge in [0.25, 0.3) is 0 Å². The molecule has 0 amide bonds. The minimum absolute atomic E-state index is 0.455. The Balaban J connectivity index is 2.43. The number of aryl methyl sites for hydroxylation is 2. The highest BCUT2D eigenvalue weighted by atomic mass is 16.5. The van der Waals surface area contributed by atoms with Crippen LogP contribution in [0.15, 0.2) is 23.2 Å². The van der Waals surface area contributed by atoms with Gasteiger partial charge in [-0.25, -0.2) is 0 Å². The lowest BCUT2D eigenvalue weighted by molar-refractivity contribution is 0.146. The number of hydrogen-bond donors (Lipinski definition) is 2. The predicted molar refractivity (Wildman–Crippen MR) is 77.1 cm³/mol. The summed E-state index contributed by atoms with van der Waals surface area (Å²) in [5.41, 5.74) is 9.22. The first-order chi connectivity index (χ1) is 8.61. The van der Waals surface area contributed by atoms with Gasteiger partial charge in [0, 0.05) is 25.4 Å². The maximum absolute atomic E-state index is 5.82. The summed E-state index contributed by atoms with van der Waals surface area (Å²) in [4.78, 5) is 4.25. The molecule has 0 unspecified atom stereocenters. The summed E-state index contributed by atoms with van der Waals surface area (Å²) in [6.07, 6.45) is 0.892. The molecule has 3 N–H and O–H groups in total. The van der Waals surface area contributed by atoms with Gasteiger partial charge in [0.15, 0.2) is 5.96 Å². The van der Waals surface area contributed by atoms with E-state index in [0.29, 0.717) is 12.5 Å². The number of rotatable bonds is 6. The van der Waals surface area contributed by atoms with Gasteiger partial charge in [-0.2, -0.15) is 0 Å². The Bertz CT molecular complexity index is 382. The maximum atomic E-state index is 5.82. The smallest absolute Gasteiger partial charge is 0.193 e. The second-order valence-corrected chi connectivity index (χ2v) is 4.32. The number of hydrogen-bond acceptors (Lipinski definition) is 2. The Morgan fingerprint density at radius 1 is 1.28 bits per heavy atom. The van der Waals surface area contributed by atoms with E-state index in [4.69, 9.17) is 10.5 Å². The molecule has 1 aromatic carbocycles. The third-order valence-corrected chi connectivity index (χ3v) is 2.43. The first-order valence-electron chi connectivity index (χ1n) is 6.35. The number of nitrogens with two attached hydrogens (primary N) is 1. The zero-order valence-electron chi connectivity index (χ0n) is 11.5. The van der Waals surface area contributed by atoms with Crippen molar-refractivity contribution in [1.82, 2.24) is 0 Å². The summed E-state index contributed by atoms with van der Waals surface area (Å²) in [5.74, 6) is 0.455. The summed E-state index contributed by atoms with van der Waals surface area (Å²) >= 11 is 0. The van der Waals surface area contributed by atoms with Crippen LogP contribution in [0.25, 0.3) is 0 Å². The van der Waals surface area contributed by atoms with Crippen LogP contribution in [0.5, 0.6) is 0 Å². The molecule has 0 radical (unpaired) electrons. The van der Waals surface area contributed by atoms with E-state index in [1.807, 2.05) is 6.92 Å². The number of ether oxygens (including phenoxy) is 1. The van der Waals surface area contributed by atoms with Crippen LogP contribution in [0.4, 0.5) is 5.69 Å². The highest BCUT2D eigenvalue weighted by Crippen LogP contribution is 2.13. The molecule has 0 heterocycles. The second-order valence-electron chi connectivity index (χ2n) is 4.32. The maximum Gasteiger partial charge on any atom is 0.193 e. The second kappa shape index (κ2) is 7.71. The minimum Gasteiger partial charge on any atom is -0.382 e. The third-order valence-electron chi connectivity index (χ3n) is 2.43. The van der Waals surface area contributed by atoms with E-state index < -0.39 is 0 Å². The van der Waals surface area contributed by atoms with E-state index >= 15 is 0 Å². The topological polar surface area (TPSA) is 59.6 Å². The van der Waals surface area contributed by atoms with Crippen LogP contribution in [-0.4, -0.2) is 25.7 Å². The molecule has 1 rings (SSSR count). The van der Waals surface area contributed by atoms with Crippen LogP contribution >= 0.6 is 0 Å².